The van der Waals surface area contributed by atoms with E-state index in [0.717, 1.165) is 0 Å². The normalized spacial score (nSPS) is 13.6. The van der Waals surface area contributed by atoms with Gasteiger partial charge in [0.2, 0.25) is 0 Å². The van der Waals surface area contributed by atoms with Gasteiger partial charge in [-0.15, -0.1) is 0 Å². The van der Waals surface area contributed by atoms with Gasteiger partial charge < -0.3 is 4.84 Å². The van der Waals surface area contributed by atoms with Crippen molar-refractivity contribution in [2.24, 2.45) is 5.90 Å². The van der Waals surface area contributed by atoms with Gasteiger partial charge in [-0.1, -0.05) is 35.3 Å². The summed E-state index contributed by atoms with van der Waals surface area (Å²) in [4.78, 5) is 20.7. The van der Waals surface area contributed by atoms with Crippen LogP contribution in [0.3, 0.4) is 0 Å². The average Bonchev–Trinajstić information content (AvgIpc) is 2.49. The van der Waals surface area contributed by atoms with Crippen LogP contribution in [0.25, 0.3) is 0 Å². The highest BCUT2D eigenvalue weighted by molar-refractivity contribution is 6.42. The fraction of sp³-hybridized carbons (Fsp3) is 0.143. The monoisotopic (exact) mass is 310 g/mol. The summed E-state index contributed by atoms with van der Waals surface area (Å²) in [5.41, 5.74) is 0.154. The molecule has 0 saturated carbocycles. The van der Waals surface area contributed by atoms with Crippen molar-refractivity contribution in [1.82, 2.24) is 4.98 Å². The smallest absolute Gasteiger partial charge is 0.339 e. The van der Waals surface area contributed by atoms with Gasteiger partial charge in [-0.05, 0) is 36.2 Å². The van der Waals surface area contributed by atoms with Crippen molar-refractivity contribution in [3.8, 4) is 0 Å². The van der Waals surface area contributed by atoms with Crippen LogP contribution in [0, 0.1) is 0 Å². The fourth-order valence-corrected chi connectivity index (χ4v) is 2.28. The van der Waals surface area contributed by atoms with Gasteiger partial charge in [0.25, 0.3) is 0 Å². The van der Waals surface area contributed by atoms with Gasteiger partial charge in [0, 0.05) is 12.4 Å². The molecule has 6 heteroatoms. The van der Waals surface area contributed by atoms with Crippen LogP contribution in [-0.4, -0.2) is 11.0 Å². The van der Waals surface area contributed by atoms with E-state index >= 15 is 0 Å². The highest BCUT2D eigenvalue weighted by Crippen LogP contribution is 2.35. The zero-order valence-electron chi connectivity index (χ0n) is 10.6. The third-order valence-electron chi connectivity index (χ3n) is 3.25. The largest absolute Gasteiger partial charge is 0.372 e. The SMILES string of the molecule is CC(C(=O)ON)(c1cccnc1)c1ccc(Cl)c(Cl)c1. The second-order valence-electron chi connectivity index (χ2n) is 4.40. The van der Waals surface area contributed by atoms with Crippen LogP contribution in [0.4, 0.5) is 0 Å². The number of carbonyl (C=O) groups excluding carboxylic acids is 1. The van der Waals surface area contributed by atoms with E-state index in [-0.39, 0.29) is 0 Å². The predicted octanol–water partition coefficient (Wildman–Crippen LogP) is 3.11. The lowest BCUT2D eigenvalue weighted by Crippen LogP contribution is -2.37. The number of rotatable bonds is 3. The van der Waals surface area contributed by atoms with Crippen LogP contribution in [0.1, 0.15) is 18.1 Å². The van der Waals surface area contributed by atoms with Crippen molar-refractivity contribution in [1.29, 1.82) is 0 Å². The summed E-state index contributed by atoms with van der Waals surface area (Å²) in [5, 5.41) is 0.758. The lowest BCUT2D eigenvalue weighted by Gasteiger charge is -2.27. The number of pyridine rings is 1. The molecule has 0 fully saturated rings. The molecule has 1 unspecified atom stereocenters. The fourth-order valence-electron chi connectivity index (χ4n) is 1.99. The summed E-state index contributed by atoms with van der Waals surface area (Å²) in [5.74, 6) is 4.46. The molecule has 0 radical (unpaired) electrons. The van der Waals surface area contributed by atoms with Crippen molar-refractivity contribution in [3.05, 3.63) is 63.9 Å². The molecule has 104 valence electrons. The average molecular weight is 311 g/mol. The first-order valence-electron chi connectivity index (χ1n) is 5.77. The van der Waals surface area contributed by atoms with Crippen molar-refractivity contribution in [2.45, 2.75) is 12.3 Å². The summed E-state index contributed by atoms with van der Waals surface area (Å²) < 4.78 is 0. The molecule has 0 spiro atoms. The second kappa shape index (κ2) is 5.79. The molecule has 1 atom stereocenters. The molecule has 2 rings (SSSR count). The lowest BCUT2D eigenvalue weighted by atomic mass is 9.77. The lowest BCUT2D eigenvalue weighted by molar-refractivity contribution is -0.149. The Morgan fingerprint density at radius 1 is 1.25 bits per heavy atom. The highest BCUT2D eigenvalue weighted by Gasteiger charge is 2.39. The highest BCUT2D eigenvalue weighted by atomic mass is 35.5. The van der Waals surface area contributed by atoms with Gasteiger partial charge in [0.05, 0.1) is 10.0 Å². The number of nitrogens with two attached hydrogens (primary N) is 1. The zero-order chi connectivity index (χ0) is 14.8. The molecule has 20 heavy (non-hydrogen) atoms. The topological polar surface area (TPSA) is 65.2 Å². The zero-order valence-corrected chi connectivity index (χ0v) is 12.2. The van der Waals surface area contributed by atoms with Gasteiger partial charge in [-0.25, -0.2) is 4.79 Å². The Labute approximate surface area is 126 Å². The molecule has 0 bridgehead atoms. The Morgan fingerprint density at radius 3 is 2.55 bits per heavy atom. The van der Waals surface area contributed by atoms with E-state index in [1.165, 1.54) is 0 Å². The Hall–Kier alpha value is -1.62. The van der Waals surface area contributed by atoms with E-state index in [4.69, 9.17) is 29.1 Å². The first kappa shape index (κ1) is 14.8. The molecular formula is C14H12Cl2N2O2. The summed E-state index contributed by atoms with van der Waals surface area (Å²) in [7, 11) is 0. The van der Waals surface area contributed by atoms with Gasteiger partial charge in [-0.3, -0.25) is 4.98 Å². The van der Waals surface area contributed by atoms with E-state index in [2.05, 4.69) is 9.82 Å². The Morgan fingerprint density at radius 2 is 2.00 bits per heavy atom. The number of carbonyl (C=O) groups is 1. The molecule has 0 amide bonds. The Kier molecular flexibility index (Phi) is 4.28. The number of benzene rings is 1. The maximum atomic E-state index is 12.2. The van der Waals surface area contributed by atoms with Crippen molar-refractivity contribution in [3.63, 3.8) is 0 Å². The maximum Gasteiger partial charge on any atom is 0.339 e. The molecule has 1 aromatic carbocycles. The number of halogens is 2. The van der Waals surface area contributed by atoms with Gasteiger partial charge in [0.1, 0.15) is 5.41 Å². The summed E-state index contributed by atoms with van der Waals surface area (Å²) in [6.45, 7) is 1.69. The number of nitrogens with zero attached hydrogens (tertiary/aromatic N) is 1. The Bertz CT molecular complexity index is 634. The summed E-state index contributed by atoms with van der Waals surface area (Å²) in [6.07, 6.45) is 3.20. The molecule has 4 nitrogen and oxygen atoms in total. The van der Waals surface area contributed by atoms with E-state index in [1.54, 1.807) is 49.6 Å². The van der Waals surface area contributed by atoms with Crippen LogP contribution < -0.4 is 5.90 Å². The van der Waals surface area contributed by atoms with Crippen LogP contribution in [0.5, 0.6) is 0 Å². The first-order valence-corrected chi connectivity index (χ1v) is 6.53. The van der Waals surface area contributed by atoms with Crippen molar-refractivity contribution >= 4 is 29.2 Å². The molecular weight excluding hydrogens is 299 g/mol. The second-order valence-corrected chi connectivity index (χ2v) is 5.22. The maximum absolute atomic E-state index is 12.2. The van der Waals surface area contributed by atoms with Gasteiger partial charge in [-0.2, -0.15) is 5.90 Å². The third kappa shape index (κ3) is 2.50. The number of hydrogen-bond acceptors (Lipinski definition) is 4. The van der Waals surface area contributed by atoms with Gasteiger partial charge in [0.15, 0.2) is 0 Å². The third-order valence-corrected chi connectivity index (χ3v) is 3.99. The molecule has 2 N–H and O–H groups in total. The summed E-state index contributed by atoms with van der Waals surface area (Å²) in [6, 6.07) is 8.45. The minimum absolute atomic E-state index is 0.351. The van der Waals surface area contributed by atoms with Crippen molar-refractivity contribution < 1.29 is 9.63 Å². The van der Waals surface area contributed by atoms with E-state index < -0.39 is 11.4 Å². The molecule has 1 heterocycles. The number of aromatic nitrogens is 1. The molecule has 0 aliphatic rings. The molecule has 0 saturated heterocycles. The van der Waals surface area contributed by atoms with Crippen LogP contribution >= 0.6 is 23.2 Å². The standard InChI is InChI=1S/C14H12Cl2N2O2/c1-14(13(19)20-17,10-3-2-6-18-8-10)9-4-5-11(15)12(16)7-9/h2-8H,17H2,1H3. The number of hydrogen-bond donors (Lipinski definition) is 1. The van der Waals surface area contributed by atoms with E-state index in [1.807, 2.05) is 0 Å². The summed E-state index contributed by atoms with van der Waals surface area (Å²) >= 11 is 11.9. The molecule has 2 aromatic rings. The minimum Gasteiger partial charge on any atom is -0.372 e. The first-order chi connectivity index (χ1) is 9.50. The molecule has 0 aliphatic carbocycles. The van der Waals surface area contributed by atoms with Crippen LogP contribution in [0.15, 0.2) is 42.7 Å². The predicted molar refractivity (Wildman–Crippen MR) is 77.4 cm³/mol. The van der Waals surface area contributed by atoms with Crippen LogP contribution in [0.2, 0.25) is 10.0 Å². The van der Waals surface area contributed by atoms with E-state index in [0.29, 0.717) is 21.2 Å². The quantitative estimate of drug-likeness (QED) is 0.885. The van der Waals surface area contributed by atoms with Crippen molar-refractivity contribution in [2.75, 3.05) is 0 Å². The van der Waals surface area contributed by atoms with Gasteiger partial charge >= 0.3 is 5.97 Å². The molecule has 1 aromatic heterocycles. The van der Waals surface area contributed by atoms with Crippen LogP contribution in [-0.2, 0) is 15.0 Å². The molecule has 0 aliphatic heterocycles. The Balaban J connectivity index is 2.64. The minimum atomic E-state index is -1.11. The van der Waals surface area contributed by atoms with E-state index in [9.17, 15) is 4.79 Å².